The lowest BCUT2D eigenvalue weighted by molar-refractivity contribution is -0.149. The molecule has 2 aromatic carbocycles. The number of ether oxygens (including phenoxy) is 2. The number of carbonyl (C=O) groups is 2. The van der Waals surface area contributed by atoms with Crippen LogP contribution in [-0.2, 0) is 22.4 Å². The third-order valence-corrected chi connectivity index (χ3v) is 4.75. The summed E-state index contributed by atoms with van der Waals surface area (Å²) in [4.78, 5) is 25.5. The van der Waals surface area contributed by atoms with Crippen molar-refractivity contribution in [2.75, 3.05) is 21.3 Å². The number of aryl methyl sites for hydroxylation is 1. The molecule has 2 rings (SSSR count). The molecule has 0 aromatic heterocycles. The Bertz CT molecular complexity index is 791. The lowest BCUT2D eigenvalue weighted by Crippen LogP contribution is -2.43. The SMILES string of the molecule is COc1ccc(CCCC(=O)N(C)C(Cc2ccccc2)C(=O)O)c(OC)c1. The zero-order valence-electron chi connectivity index (χ0n) is 16.6. The van der Waals surface area contributed by atoms with E-state index in [2.05, 4.69) is 0 Å². The molecule has 0 heterocycles. The van der Waals surface area contributed by atoms with Crippen molar-refractivity contribution in [2.24, 2.45) is 0 Å². The molecular formula is C22H27NO5. The van der Waals surface area contributed by atoms with Crippen molar-refractivity contribution in [3.63, 3.8) is 0 Å². The summed E-state index contributed by atoms with van der Waals surface area (Å²) in [7, 11) is 4.74. The van der Waals surface area contributed by atoms with Gasteiger partial charge in [0.15, 0.2) is 0 Å². The van der Waals surface area contributed by atoms with Gasteiger partial charge in [-0.3, -0.25) is 4.79 Å². The summed E-state index contributed by atoms with van der Waals surface area (Å²) < 4.78 is 10.6. The fourth-order valence-corrected chi connectivity index (χ4v) is 3.07. The molecule has 1 amide bonds. The van der Waals surface area contributed by atoms with E-state index in [4.69, 9.17) is 9.47 Å². The fraction of sp³-hybridized carbons (Fsp3) is 0.364. The summed E-state index contributed by atoms with van der Waals surface area (Å²) in [5.41, 5.74) is 1.87. The van der Waals surface area contributed by atoms with Crippen LogP contribution in [0.2, 0.25) is 0 Å². The van der Waals surface area contributed by atoms with Crippen LogP contribution in [0.25, 0.3) is 0 Å². The molecule has 1 atom stereocenters. The molecule has 0 saturated heterocycles. The number of hydrogen-bond donors (Lipinski definition) is 1. The molecule has 2 aromatic rings. The van der Waals surface area contributed by atoms with Crippen LogP contribution in [0.1, 0.15) is 24.0 Å². The standard InChI is InChI=1S/C22H27NO5/c1-23(19(22(25)26)14-16-8-5-4-6-9-16)21(24)11-7-10-17-12-13-18(27-2)15-20(17)28-3/h4-6,8-9,12-13,15,19H,7,10-11,14H2,1-3H3,(H,25,26). The first-order valence-corrected chi connectivity index (χ1v) is 9.19. The van der Waals surface area contributed by atoms with Crippen molar-refractivity contribution in [3.8, 4) is 11.5 Å². The minimum absolute atomic E-state index is 0.184. The van der Waals surface area contributed by atoms with Crippen LogP contribution in [0.3, 0.4) is 0 Å². The van der Waals surface area contributed by atoms with Gasteiger partial charge >= 0.3 is 5.97 Å². The Morgan fingerprint density at radius 1 is 1.07 bits per heavy atom. The normalized spacial score (nSPS) is 11.5. The Labute approximate surface area is 165 Å². The van der Waals surface area contributed by atoms with E-state index in [0.717, 1.165) is 11.1 Å². The first kappa shape index (κ1) is 21.3. The number of likely N-dealkylation sites (N-methyl/N-ethyl adjacent to an activating group) is 1. The highest BCUT2D eigenvalue weighted by atomic mass is 16.5. The van der Waals surface area contributed by atoms with Crippen LogP contribution in [0.5, 0.6) is 11.5 Å². The largest absolute Gasteiger partial charge is 0.497 e. The van der Waals surface area contributed by atoms with E-state index in [1.54, 1.807) is 21.3 Å². The molecule has 150 valence electrons. The number of carboxylic acid groups (broad SMARTS) is 1. The van der Waals surface area contributed by atoms with Gasteiger partial charge in [0.2, 0.25) is 5.91 Å². The second kappa shape index (κ2) is 10.3. The number of amides is 1. The van der Waals surface area contributed by atoms with Crippen LogP contribution in [0.4, 0.5) is 0 Å². The minimum atomic E-state index is -1.00. The van der Waals surface area contributed by atoms with E-state index in [1.807, 2.05) is 48.5 Å². The van der Waals surface area contributed by atoms with Gasteiger partial charge in [0, 0.05) is 26.0 Å². The number of methoxy groups -OCH3 is 2. The first-order chi connectivity index (χ1) is 13.5. The van der Waals surface area contributed by atoms with Crippen molar-refractivity contribution in [3.05, 3.63) is 59.7 Å². The molecule has 0 spiro atoms. The highest BCUT2D eigenvalue weighted by molar-refractivity contribution is 5.83. The predicted octanol–water partition coefficient (Wildman–Crippen LogP) is 3.18. The summed E-state index contributed by atoms with van der Waals surface area (Å²) in [6, 6.07) is 14.0. The molecule has 0 aliphatic carbocycles. The maximum absolute atomic E-state index is 12.5. The van der Waals surface area contributed by atoms with Crippen molar-refractivity contribution in [2.45, 2.75) is 31.7 Å². The second-order valence-corrected chi connectivity index (χ2v) is 6.58. The molecule has 0 aliphatic heterocycles. The molecule has 6 nitrogen and oxygen atoms in total. The summed E-state index contributed by atoms with van der Waals surface area (Å²) in [5, 5.41) is 9.55. The van der Waals surface area contributed by atoms with Gasteiger partial charge in [-0.2, -0.15) is 0 Å². The smallest absolute Gasteiger partial charge is 0.326 e. The van der Waals surface area contributed by atoms with Gasteiger partial charge in [-0.15, -0.1) is 0 Å². The first-order valence-electron chi connectivity index (χ1n) is 9.19. The molecular weight excluding hydrogens is 358 g/mol. The lowest BCUT2D eigenvalue weighted by atomic mass is 10.0. The number of nitrogens with zero attached hydrogens (tertiary/aromatic N) is 1. The Balaban J connectivity index is 1.94. The number of hydrogen-bond acceptors (Lipinski definition) is 4. The molecule has 1 N–H and O–H groups in total. The van der Waals surface area contributed by atoms with Crippen LogP contribution in [0, 0.1) is 0 Å². The van der Waals surface area contributed by atoms with E-state index >= 15 is 0 Å². The molecule has 0 bridgehead atoms. The molecule has 0 saturated carbocycles. The molecule has 0 radical (unpaired) electrons. The average Bonchev–Trinajstić information content (AvgIpc) is 2.72. The number of carboxylic acids is 1. The van der Waals surface area contributed by atoms with Gasteiger partial charge in [0.05, 0.1) is 14.2 Å². The highest BCUT2D eigenvalue weighted by Gasteiger charge is 2.26. The van der Waals surface area contributed by atoms with Gasteiger partial charge in [0.1, 0.15) is 17.5 Å². The molecule has 1 unspecified atom stereocenters. The fourth-order valence-electron chi connectivity index (χ4n) is 3.07. The third-order valence-electron chi connectivity index (χ3n) is 4.75. The van der Waals surface area contributed by atoms with Crippen molar-refractivity contribution < 1.29 is 24.2 Å². The van der Waals surface area contributed by atoms with E-state index < -0.39 is 12.0 Å². The lowest BCUT2D eigenvalue weighted by Gasteiger charge is -2.25. The van der Waals surface area contributed by atoms with Crippen LogP contribution in [0.15, 0.2) is 48.5 Å². The summed E-state index contributed by atoms with van der Waals surface area (Å²) in [6.07, 6.45) is 1.81. The number of aliphatic carboxylic acids is 1. The Morgan fingerprint density at radius 2 is 1.79 bits per heavy atom. The van der Waals surface area contributed by atoms with Crippen LogP contribution < -0.4 is 9.47 Å². The Kier molecular flexibility index (Phi) is 7.87. The van der Waals surface area contributed by atoms with Gasteiger partial charge < -0.3 is 19.5 Å². The molecule has 0 fully saturated rings. The topological polar surface area (TPSA) is 76.1 Å². The zero-order valence-corrected chi connectivity index (χ0v) is 16.6. The van der Waals surface area contributed by atoms with Crippen LogP contribution >= 0.6 is 0 Å². The summed E-state index contributed by atoms with van der Waals surface area (Å²) in [6.45, 7) is 0. The Morgan fingerprint density at radius 3 is 2.39 bits per heavy atom. The second-order valence-electron chi connectivity index (χ2n) is 6.58. The summed E-state index contributed by atoms with van der Waals surface area (Å²) >= 11 is 0. The van der Waals surface area contributed by atoms with E-state index in [9.17, 15) is 14.7 Å². The van der Waals surface area contributed by atoms with E-state index in [-0.39, 0.29) is 18.7 Å². The van der Waals surface area contributed by atoms with E-state index in [0.29, 0.717) is 24.3 Å². The molecule has 0 aliphatic rings. The quantitative estimate of drug-likeness (QED) is 0.680. The monoisotopic (exact) mass is 385 g/mol. The maximum atomic E-state index is 12.5. The molecule has 6 heteroatoms. The zero-order chi connectivity index (χ0) is 20.5. The molecule has 28 heavy (non-hydrogen) atoms. The van der Waals surface area contributed by atoms with Gasteiger partial charge in [-0.25, -0.2) is 4.79 Å². The van der Waals surface area contributed by atoms with Gasteiger partial charge in [-0.05, 0) is 30.0 Å². The number of carbonyl (C=O) groups excluding carboxylic acids is 1. The Hall–Kier alpha value is -3.02. The highest BCUT2D eigenvalue weighted by Crippen LogP contribution is 2.26. The van der Waals surface area contributed by atoms with Crippen LogP contribution in [-0.4, -0.2) is 49.2 Å². The third kappa shape index (κ3) is 5.74. The van der Waals surface area contributed by atoms with Gasteiger partial charge in [-0.1, -0.05) is 36.4 Å². The average molecular weight is 385 g/mol. The number of rotatable bonds is 10. The van der Waals surface area contributed by atoms with Crippen molar-refractivity contribution in [1.82, 2.24) is 4.90 Å². The predicted molar refractivity (Wildman–Crippen MR) is 107 cm³/mol. The number of benzene rings is 2. The van der Waals surface area contributed by atoms with E-state index in [1.165, 1.54) is 4.90 Å². The maximum Gasteiger partial charge on any atom is 0.326 e. The van der Waals surface area contributed by atoms with Crippen molar-refractivity contribution >= 4 is 11.9 Å². The van der Waals surface area contributed by atoms with Gasteiger partial charge in [0.25, 0.3) is 0 Å². The minimum Gasteiger partial charge on any atom is -0.497 e. The summed E-state index contributed by atoms with van der Waals surface area (Å²) in [5.74, 6) is 0.238. The van der Waals surface area contributed by atoms with Crippen molar-refractivity contribution in [1.29, 1.82) is 0 Å².